The molecule has 0 unspecified atom stereocenters. The number of hydrogen-bond donors (Lipinski definition) is 1. The minimum Gasteiger partial charge on any atom is -0.497 e. The van der Waals surface area contributed by atoms with E-state index in [0.29, 0.717) is 13.0 Å². The highest BCUT2D eigenvalue weighted by atomic mass is 32.1. The number of fused-ring (bicyclic) bond motifs is 1. The Morgan fingerprint density at radius 1 is 1.14 bits per heavy atom. The van der Waals surface area contributed by atoms with Gasteiger partial charge in [-0.3, -0.25) is 9.20 Å². The fourth-order valence-corrected chi connectivity index (χ4v) is 3.98. The molecule has 0 aliphatic carbocycles. The zero-order valence-electron chi connectivity index (χ0n) is 15.5. The van der Waals surface area contributed by atoms with Crippen molar-refractivity contribution in [3.8, 4) is 5.75 Å². The molecule has 0 radical (unpaired) electrons. The summed E-state index contributed by atoms with van der Waals surface area (Å²) >= 11 is 1.58. The van der Waals surface area contributed by atoms with Crippen LogP contribution in [0, 0.1) is 0 Å². The van der Waals surface area contributed by atoms with Gasteiger partial charge in [0.15, 0.2) is 4.96 Å². The highest BCUT2D eigenvalue weighted by Gasteiger charge is 2.18. The third kappa shape index (κ3) is 4.07. The lowest BCUT2D eigenvalue weighted by atomic mass is 9.88. The predicted molar refractivity (Wildman–Crippen MR) is 111 cm³/mol. The average Bonchev–Trinajstić information content (AvgIpc) is 3.33. The van der Waals surface area contributed by atoms with Crippen LogP contribution in [0.2, 0.25) is 0 Å². The van der Waals surface area contributed by atoms with Crippen LogP contribution < -0.4 is 10.1 Å². The number of nitrogens with zero attached hydrogens (tertiary/aromatic N) is 2. The molecular formula is C22H21N3O2S. The van der Waals surface area contributed by atoms with Crippen LogP contribution in [0.4, 0.5) is 0 Å². The number of ether oxygens (including phenoxy) is 1. The van der Waals surface area contributed by atoms with Crippen molar-refractivity contribution in [2.45, 2.75) is 18.9 Å². The van der Waals surface area contributed by atoms with E-state index in [2.05, 4.69) is 22.4 Å². The topological polar surface area (TPSA) is 55.6 Å². The molecule has 0 fully saturated rings. The van der Waals surface area contributed by atoms with Gasteiger partial charge in [-0.25, -0.2) is 4.98 Å². The molecule has 0 bridgehead atoms. The lowest BCUT2D eigenvalue weighted by molar-refractivity contribution is -0.121. The van der Waals surface area contributed by atoms with Gasteiger partial charge in [0.25, 0.3) is 0 Å². The summed E-state index contributed by atoms with van der Waals surface area (Å²) in [4.78, 5) is 18.1. The maximum Gasteiger partial charge on any atom is 0.221 e. The molecular weight excluding hydrogens is 370 g/mol. The van der Waals surface area contributed by atoms with Gasteiger partial charge in [0, 0.05) is 30.1 Å². The Balaban J connectivity index is 1.47. The van der Waals surface area contributed by atoms with Crippen molar-refractivity contribution in [3.63, 3.8) is 0 Å². The number of benzene rings is 2. The van der Waals surface area contributed by atoms with E-state index < -0.39 is 0 Å². The van der Waals surface area contributed by atoms with E-state index >= 15 is 0 Å². The van der Waals surface area contributed by atoms with E-state index in [-0.39, 0.29) is 11.8 Å². The standard InChI is InChI=1S/C22H21N3O2S/c1-27-19-9-7-17(8-10-19)20(16-5-3-2-4-6-16)13-21(26)23-14-18-15-25-11-12-28-22(25)24-18/h2-12,15,20H,13-14H2,1H3,(H,23,26)/t20-/m1/s1. The van der Waals surface area contributed by atoms with Gasteiger partial charge in [-0.2, -0.15) is 0 Å². The van der Waals surface area contributed by atoms with E-state index in [1.165, 1.54) is 0 Å². The summed E-state index contributed by atoms with van der Waals surface area (Å²) in [6.45, 7) is 0.428. The molecule has 0 aliphatic heterocycles. The first-order valence-electron chi connectivity index (χ1n) is 9.09. The zero-order chi connectivity index (χ0) is 19.3. The number of thiazole rings is 1. The number of rotatable bonds is 7. The molecule has 0 saturated heterocycles. The van der Waals surface area contributed by atoms with Crippen molar-refractivity contribution in [2.75, 3.05) is 7.11 Å². The highest BCUT2D eigenvalue weighted by Crippen LogP contribution is 2.29. The Kier molecular flexibility index (Phi) is 5.39. The summed E-state index contributed by atoms with van der Waals surface area (Å²) in [6.07, 6.45) is 4.29. The molecule has 142 valence electrons. The molecule has 0 spiro atoms. The molecule has 2 aromatic carbocycles. The second-order valence-corrected chi connectivity index (χ2v) is 7.42. The Morgan fingerprint density at radius 2 is 1.89 bits per heavy atom. The van der Waals surface area contributed by atoms with Crippen molar-refractivity contribution in [2.24, 2.45) is 0 Å². The predicted octanol–water partition coefficient (Wildman–Crippen LogP) is 4.24. The summed E-state index contributed by atoms with van der Waals surface area (Å²) in [7, 11) is 1.65. The van der Waals surface area contributed by atoms with Crippen molar-refractivity contribution in [1.82, 2.24) is 14.7 Å². The summed E-state index contributed by atoms with van der Waals surface area (Å²) in [5.41, 5.74) is 3.07. The Hall–Kier alpha value is -3.12. The second-order valence-electron chi connectivity index (χ2n) is 6.54. The zero-order valence-corrected chi connectivity index (χ0v) is 16.4. The summed E-state index contributed by atoms with van der Waals surface area (Å²) < 4.78 is 7.22. The van der Waals surface area contributed by atoms with Crippen LogP contribution >= 0.6 is 11.3 Å². The van der Waals surface area contributed by atoms with Crippen LogP contribution in [0.1, 0.15) is 29.2 Å². The Morgan fingerprint density at radius 3 is 2.61 bits per heavy atom. The van der Waals surface area contributed by atoms with Crippen LogP contribution in [0.5, 0.6) is 5.75 Å². The fourth-order valence-electron chi connectivity index (χ4n) is 3.26. The van der Waals surface area contributed by atoms with Gasteiger partial charge in [0.2, 0.25) is 5.91 Å². The molecule has 2 heterocycles. The lowest BCUT2D eigenvalue weighted by Crippen LogP contribution is -2.25. The molecule has 4 aromatic rings. The van der Waals surface area contributed by atoms with Gasteiger partial charge in [0.1, 0.15) is 5.75 Å². The minimum absolute atomic E-state index is 0.000950. The summed E-state index contributed by atoms with van der Waals surface area (Å²) in [5, 5.41) is 5.00. The van der Waals surface area contributed by atoms with E-state index in [4.69, 9.17) is 4.74 Å². The number of hydrogen-bond acceptors (Lipinski definition) is 4. The minimum atomic E-state index is -0.0161. The largest absolute Gasteiger partial charge is 0.497 e. The lowest BCUT2D eigenvalue weighted by Gasteiger charge is -2.18. The molecule has 6 heteroatoms. The number of carbonyl (C=O) groups is 1. The number of aromatic nitrogens is 2. The Bertz CT molecular complexity index is 1030. The van der Waals surface area contributed by atoms with Crippen molar-refractivity contribution < 1.29 is 9.53 Å². The quantitative estimate of drug-likeness (QED) is 0.513. The van der Waals surface area contributed by atoms with E-state index in [1.807, 2.05) is 64.6 Å². The summed E-state index contributed by atoms with van der Waals surface area (Å²) in [6, 6.07) is 18.0. The van der Waals surface area contributed by atoms with Gasteiger partial charge >= 0.3 is 0 Å². The molecule has 0 aliphatic rings. The molecule has 1 N–H and O–H groups in total. The third-order valence-corrected chi connectivity index (χ3v) is 5.49. The van der Waals surface area contributed by atoms with Gasteiger partial charge < -0.3 is 10.1 Å². The number of imidazole rings is 1. The van der Waals surface area contributed by atoms with Crippen LogP contribution in [-0.2, 0) is 11.3 Å². The number of amides is 1. The highest BCUT2D eigenvalue weighted by molar-refractivity contribution is 7.15. The van der Waals surface area contributed by atoms with Crippen LogP contribution in [0.25, 0.3) is 4.96 Å². The maximum atomic E-state index is 12.7. The number of methoxy groups -OCH3 is 1. The summed E-state index contributed by atoms with van der Waals surface area (Å²) in [5.74, 6) is 0.790. The molecule has 4 rings (SSSR count). The Labute approximate surface area is 167 Å². The molecule has 1 atom stereocenters. The SMILES string of the molecule is COc1ccc([C@H](CC(=O)NCc2cn3ccsc3n2)c2ccccc2)cc1. The normalized spacial score (nSPS) is 12.0. The molecule has 2 aromatic heterocycles. The number of nitrogens with one attached hydrogen (secondary N) is 1. The van der Waals surface area contributed by atoms with Crippen LogP contribution in [0.3, 0.4) is 0 Å². The smallest absolute Gasteiger partial charge is 0.221 e. The molecule has 5 nitrogen and oxygen atoms in total. The van der Waals surface area contributed by atoms with Gasteiger partial charge in [0.05, 0.1) is 19.3 Å². The first kappa shape index (κ1) is 18.3. The molecule has 0 saturated carbocycles. The maximum absolute atomic E-state index is 12.7. The van der Waals surface area contributed by atoms with E-state index in [9.17, 15) is 4.79 Å². The second kappa shape index (κ2) is 8.27. The first-order valence-corrected chi connectivity index (χ1v) is 9.97. The van der Waals surface area contributed by atoms with E-state index in [0.717, 1.165) is 27.5 Å². The first-order chi connectivity index (χ1) is 13.7. The number of carbonyl (C=O) groups excluding carboxylic acids is 1. The molecule has 1 amide bonds. The van der Waals surface area contributed by atoms with E-state index in [1.54, 1.807) is 18.4 Å². The van der Waals surface area contributed by atoms with Crippen molar-refractivity contribution in [1.29, 1.82) is 0 Å². The third-order valence-electron chi connectivity index (χ3n) is 4.72. The van der Waals surface area contributed by atoms with Crippen molar-refractivity contribution in [3.05, 3.63) is 89.2 Å². The van der Waals surface area contributed by atoms with Crippen LogP contribution in [0.15, 0.2) is 72.4 Å². The fraction of sp³-hybridized carbons (Fsp3) is 0.182. The van der Waals surface area contributed by atoms with Gasteiger partial charge in [-0.15, -0.1) is 11.3 Å². The van der Waals surface area contributed by atoms with Crippen LogP contribution in [-0.4, -0.2) is 22.4 Å². The van der Waals surface area contributed by atoms with Gasteiger partial charge in [-0.1, -0.05) is 42.5 Å². The van der Waals surface area contributed by atoms with Gasteiger partial charge in [-0.05, 0) is 23.3 Å². The molecule has 28 heavy (non-hydrogen) atoms. The average molecular weight is 391 g/mol. The monoisotopic (exact) mass is 391 g/mol. The van der Waals surface area contributed by atoms with Crippen molar-refractivity contribution >= 4 is 22.2 Å².